The van der Waals surface area contributed by atoms with Crippen molar-refractivity contribution in [3.63, 3.8) is 0 Å². The number of carbonyl (C=O) groups excluding carboxylic acids is 1. The van der Waals surface area contributed by atoms with Crippen LogP contribution in [0.2, 0.25) is 0 Å². The highest BCUT2D eigenvalue weighted by Gasteiger charge is 2.45. The van der Waals surface area contributed by atoms with Crippen molar-refractivity contribution in [1.82, 2.24) is 0 Å². The zero-order valence-electron chi connectivity index (χ0n) is 6.89. The van der Waals surface area contributed by atoms with Crippen LogP contribution in [0.5, 0.6) is 0 Å². The minimum Gasteiger partial charge on any atom is -0.379 e. The molecule has 1 aliphatic heterocycles. The summed E-state index contributed by atoms with van der Waals surface area (Å²) in [6, 6.07) is 0. The van der Waals surface area contributed by atoms with Gasteiger partial charge in [0.1, 0.15) is 5.78 Å². The van der Waals surface area contributed by atoms with Gasteiger partial charge in [0.05, 0.1) is 18.6 Å². The predicted molar refractivity (Wildman–Crippen MR) is 46.9 cm³/mol. The third kappa shape index (κ3) is 1.49. The van der Waals surface area contributed by atoms with Crippen LogP contribution in [-0.2, 0) is 9.53 Å². The normalized spacial score (nSPS) is 21.5. The molecular formula is C8H13BrO2. The van der Waals surface area contributed by atoms with Gasteiger partial charge in [-0.2, -0.15) is 0 Å². The van der Waals surface area contributed by atoms with Gasteiger partial charge in [0.25, 0.3) is 0 Å². The molecule has 1 rings (SSSR count). The molecule has 2 nitrogen and oxygen atoms in total. The Hall–Kier alpha value is 0.110. The van der Waals surface area contributed by atoms with E-state index in [4.69, 9.17) is 4.74 Å². The van der Waals surface area contributed by atoms with Crippen LogP contribution in [0.25, 0.3) is 0 Å². The number of ketones is 1. The monoisotopic (exact) mass is 220 g/mol. The smallest absolute Gasteiger partial charge is 0.147 e. The highest BCUT2D eigenvalue weighted by atomic mass is 79.9. The first-order chi connectivity index (χ1) is 5.12. The van der Waals surface area contributed by atoms with Crippen molar-refractivity contribution < 1.29 is 9.53 Å². The summed E-state index contributed by atoms with van der Waals surface area (Å²) in [6.07, 6.45) is 0. The molecule has 0 atom stereocenters. The Labute approximate surface area is 75.4 Å². The minimum atomic E-state index is -0.200. The number of hydrogen-bond donors (Lipinski definition) is 0. The van der Waals surface area contributed by atoms with Crippen LogP contribution < -0.4 is 0 Å². The molecule has 0 aromatic carbocycles. The lowest BCUT2D eigenvalue weighted by molar-refractivity contribution is -0.157. The molecule has 0 radical (unpaired) electrons. The van der Waals surface area contributed by atoms with E-state index in [2.05, 4.69) is 15.9 Å². The largest absolute Gasteiger partial charge is 0.379 e. The molecule has 64 valence electrons. The summed E-state index contributed by atoms with van der Waals surface area (Å²) in [7, 11) is 0. The van der Waals surface area contributed by atoms with Crippen LogP contribution >= 0.6 is 15.9 Å². The van der Waals surface area contributed by atoms with Crippen molar-refractivity contribution in [3.05, 3.63) is 0 Å². The van der Waals surface area contributed by atoms with Gasteiger partial charge in [-0.15, -0.1) is 0 Å². The summed E-state index contributed by atoms with van der Waals surface area (Å²) in [5.74, 6) is 0.442. The minimum absolute atomic E-state index is 0.122. The number of halogens is 1. The van der Waals surface area contributed by atoms with Crippen molar-refractivity contribution >= 4 is 21.7 Å². The summed E-state index contributed by atoms with van der Waals surface area (Å²) >= 11 is 3.35. The van der Waals surface area contributed by atoms with E-state index in [-0.39, 0.29) is 11.3 Å². The first-order valence-corrected chi connectivity index (χ1v) is 4.92. The Balaban J connectivity index is 2.62. The van der Waals surface area contributed by atoms with E-state index in [9.17, 15) is 4.79 Å². The highest BCUT2D eigenvalue weighted by molar-refractivity contribution is 9.09. The standard InChI is InChI=1S/C8H13BrO2/c1-6(2)7(10)8(3-9)4-11-5-8/h6H,3-5H2,1-2H3. The van der Waals surface area contributed by atoms with Gasteiger partial charge in [-0.05, 0) is 0 Å². The van der Waals surface area contributed by atoms with Gasteiger partial charge in [-0.3, -0.25) is 4.79 Å². The number of hydrogen-bond acceptors (Lipinski definition) is 2. The SMILES string of the molecule is CC(C)C(=O)C1(CBr)COC1. The van der Waals surface area contributed by atoms with Crippen molar-refractivity contribution in [2.45, 2.75) is 13.8 Å². The molecule has 0 amide bonds. The van der Waals surface area contributed by atoms with Crippen LogP contribution in [-0.4, -0.2) is 24.3 Å². The molecule has 0 aromatic heterocycles. The fourth-order valence-electron chi connectivity index (χ4n) is 1.25. The maximum Gasteiger partial charge on any atom is 0.147 e. The van der Waals surface area contributed by atoms with Gasteiger partial charge in [0.15, 0.2) is 0 Å². The number of rotatable bonds is 3. The molecule has 1 aliphatic rings. The molecule has 0 aromatic rings. The average molecular weight is 221 g/mol. The van der Waals surface area contributed by atoms with Gasteiger partial charge in [0, 0.05) is 11.2 Å². The van der Waals surface area contributed by atoms with E-state index in [0.717, 1.165) is 5.33 Å². The predicted octanol–water partition coefficient (Wildman–Crippen LogP) is 1.62. The van der Waals surface area contributed by atoms with Crippen LogP contribution in [0.4, 0.5) is 0 Å². The second-order valence-electron chi connectivity index (χ2n) is 3.43. The summed E-state index contributed by atoms with van der Waals surface area (Å²) in [6.45, 7) is 5.06. The second kappa shape index (κ2) is 3.23. The molecule has 0 bridgehead atoms. The van der Waals surface area contributed by atoms with Crippen molar-refractivity contribution in [2.24, 2.45) is 11.3 Å². The van der Waals surface area contributed by atoms with Crippen LogP contribution in [0.1, 0.15) is 13.8 Å². The van der Waals surface area contributed by atoms with Crippen LogP contribution in [0.3, 0.4) is 0 Å². The molecule has 11 heavy (non-hydrogen) atoms. The molecule has 0 aliphatic carbocycles. The lowest BCUT2D eigenvalue weighted by Crippen LogP contribution is -2.52. The van der Waals surface area contributed by atoms with E-state index in [1.807, 2.05) is 13.8 Å². The Kier molecular flexibility index (Phi) is 2.70. The summed E-state index contributed by atoms with van der Waals surface area (Å²) in [5, 5.41) is 0.733. The van der Waals surface area contributed by atoms with E-state index in [1.54, 1.807) is 0 Å². The molecule has 1 fully saturated rings. The molecule has 0 N–H and O–H groups in total. The topological polar surface area (TPSA) is 26.3 Å². The van der Waals surface area contributed by atoms with Gasteiger partial charge in [-0.1, -0.05) is 29.8 Å². The van der Waals surface area contributed by atoms with Crippen LogP contribution in [0.15, 0.2) is 0 Å². The van der Waals surface area contributed by atoms with E-state index < -0.39 is 0 Å². The molecule has 0 unspecified atom stereocenters. The molecule has 1 heterocycles. The Morgan fingerprint density at radius 1 is 1.64 bits per heavy atom. The first kappa shape index (κ1) is 9.20. The van der Waals surface area contributed by atoms with E-state index in [1.165, 1.54) is 0 Å². The van der Waals surface area contributed by atoms with Gasteiger partial charge < -0.3 is 4.74 Å². The van der Waals surface area contributed by atoms with E-state index in [0.29, 0.717) is 19.0 Å². The number of carbonyl (C=O) groups is 1. The zero-order valence-corrected chi connectivity index (χ0v) is 8.48. The third-order valence-corrected chi connectivity index (χ3v) is 3.13. The molecular weight excluding hydrogens is 208 g/mol. The maximum atomic E-state index is 11.6. The molecule has 0 saturated carbocycles. The fraction of sp³-hybridized carbons (Fsp3) is 0.875. The zero-order chi connectivity index (χ0) is 8.48. The van der Waals surface area contributed by atoms with Crippen molar-refractivity contribution in [2.75, 3.05) is 18.5 Å². The average Bonchev–Trinajstić information content (AvgIpc) is 1.86. The number of alkyl halides is 1. The third-order valence-electron chi connectivity index (χ3n) is 2.06. The van der Waals surface area contributed by atoms with Gasteiger partial charge >= 0.3 is 0 Å². The van der Waals surface area contributed by atoms with Crippen LogP contribution in [0, 0.1) is 11.3 Å². The first-order valence-electron chi connectivity index (χ1n) is 3.80. The summed E-state index contributed by atoms with van der Waals surface area (Å²) < 4.78 is 5.05. The fourth-order valence-corrected chi connectivity index (χ4v) is 1.85. The molecule has 0 spiro atoms. The Morgan fingerprint density at radius 3 is 2.27 bits per heavy atom. The quantitative estimate of drug-likeness (QED) is 0.677. The van der Waals surface area contributed by atoms with Gasteiger partial charge in [-0.25, -0.2) is 0 Å². The Bertz CT molecular complexity index is 156. The molecule has 3 heteroatoms. The number of ether oxygens (including phenoxy) is 1. The molecule has 1 saturated heterocycles. The maximum absolute atomic E-state index is 11.6. The number of Topliss-reactive ketones (excluding diaryl/α,β-unsaturated/α-hetero) is 1. The van der Waals surface area contributed by atoms with Crippen molar-refractivity contribution in [3.8, 4) is 0 Å². The van der Waals surface area contributed by atoms with Gasteiger partial charge in [0.2, 0.25) is 0 Å². The highest BCUT2D eigenvalue weighted by Crippen LogP contribution is 2.33. The lowest BCUT2D eigenvalue weighted by Gasteiger charge is -2.39. The summed E-state index contributed by atoms with van der Waals surface area (Å²) in [4.78, 5) is 11.6. The van der Waals surface area contributed by atoms with E-state index >= 15 is 0 Å². The van der Waals surface area contributed by atoms with Crippen molar-refractivity contribution in [1.29, 1.82) is 0 Å². The Morgan fingerprint density at radius 2 is 2.18 bits per heavy atom. The second-order valence-corrected chi connectivity index (χ2v) is 3.99. The lowest BCUT2D eigenvalue weighted by atomic mass is 9.79. The summed E-state index contributed by atoms with van der Waals surface area (Å²) in [5.41, 5.74) is -0.200.